The van der Waals surface area contributed by atoms with Crippen LogP contribution >= 0.6 is 23.1 Å². The van der Waals surface area contributed by atoms with Gasteiger partial charge in [-0.25, -0.2) is 15.0 Å². The summed E-state index contributed by atoms with van der Waals surface area (Å²) in [6.07, 6.45) is 6.19. The maximum Gasteiger partial charge on any atom is 0.260 e. The fourth-order valence-corrected chi connectivity index (χ4v) is 5.04. The van der Waals surface area contributed by atoms with E-state index in [1.54, 1.807) is 25.3 Å². The average molecular weight is 415 g/mol. The number of aryl methyl sites for hydroxylation is 1. The van der Waals surface area contributed by atoms with Gasteiger partial charge in [-0.2, -0.15) is 11.8 Å². The topological polar surface area (TPSA) is 98.0 Å². The van der Waals surface area contributed by atoms with E-state index in [0.29, 0.717) is 32.9 Å². The summed E-state index contributed by atoms with van der Waals surface area (Å²) in [5.74, 6) is 2.78. The summed E-state index contributed by atoms with van der Waals surface area (Å²) in [6, 6.07) is 3.52. The number of aromatic nitrogens is 3. The average Bonchev–Trinajstić information content (AvgIpc) is 3.38. The fourth-order valence-electron chi connectivity index (χ4n) is 2.95. The van der Waals surface area contributed by atoms with Gasteiger partial charge in [0.05, 0.1) is 11.8 Å². The normalized spacial score (nSPS) is 14.8. The molecule has 0 radical (unpaired) electrons. The Hall–Kier alpha value is -2.52. The smallest absolute Gasteiger partial charge is 0.260 e. The molecule has 1 fully saturated rings. The number of carbonyl (C=O) groups excluding carboxylic acids is 2. The molecule has 7 nitrogen and oxygen atoms in total. The van der Waals surface area contributed by atoms with Gasteiger partial charge in [-0.15, -0.1) is 0 Å². The van der Waals surface area contributed by atoms with E-state index in [2.05, 4.69) is 20.3 Å². The Morgan fingerprint density at radius 1 is 1.21 bits per heavy atom. The molecule has 1 aliphatic heterocycles. The number of anilines is 1. The van der Waals surface area contributed by atoms with Crippen molar-refractivity contribution in [2.75, 3.05) is 16.8 Å². The van der Waals surface area contributed by atoms with Crippen LogP contribution < -0.4 is 5.32 Å². The Morgan fingerprint density at radius 3 is 2.64 bits per heavy atom. The second-order valence-electron chi connectivity index (χ2n) is 6.40. The van der Waals surface area contributed by atoms with Gasteiger partial charge in [0, 0.05) is 18.3 Å². The summed E-state index contributed by atoms with van der Waals surface area (Å²) in [7, 11) is 0. The van der Waals surface area contributed by atoms with E-state index in [0.717, 1.165) is 24.3 Å². The standard InChI is InChI=1S/C19H18N4O3S2/c1-11-20-9-13(10-21-11)18(25)23-19-22-15(14-3-2-6-26-14)17(28-19)16(24)12-4-7-27-8-5-12/h2-3,6,9-10,12H,4-5,7-8H2,1H3,(H,22,23,25). The number of Topliss-reactive ketones (excluding diaryl/α,β-unsaturated/α-hetero) is 1. The molecule has 1 N–H and O–H groups in total. The SMILES string of the molecule is Cc1ncc(C(=O)Nc2nc(-c3ccco3)c(C(=O)C3CCSCC3)s2)cn1. The molecule has 0 atom stereocenters. The minimum absolute atomic E-state index is 0.00976. The molecule has 3 aromatic heterocycles. The second kappa shape index (κ2) is 8.24. The lowest BCUT2D eigenvalue weighted by atomic mass is 9.95. The lowest BCUT2D eigenvalue weighted by molar-refractivity contribution is 0.0917. The maximum atomic E-state index is 13.1. The summed E-state index contributed by atoms with van der Waals surface area (Å²) < 4.78 is 5.47. The van der Waals surface area contributed by atoms with E-state index >= 15 is 0 Å². The lowest BCUT2D eigenvalue weighted by Crippen LogP contribution is -2.19. The van der Waals surface area contributed by atoms with E-state index in [4.69, 9.17) is 4.42 Å². The third-order valence-electron chi connectivity index (χ3n) is 4.46. The van der Waals surface area contributed by atoms with Crippen LogP contribution in [0.25, 0.3) is 11.5 Å². The van der Waals surface area contributed by atoms with Crippen LogP contribution in [0, 0.1) is 12.8 Å². The Kier molecular flexibility index (Phi) is 5.54. The number of amides is 1. The van der Waals surface area contributed by atoms with E-state index < -0.39 is 0 Å². The number of carbonyl (C=O) groups is 2. The van der Waals surface area contributed by atoms with Crippen molar-refractivity contribution in [1.29, 1.82) is 0 Å². The second-order valence-corrected chi connectivity index (χ2v) is 8.62. The molecule has 144 valence electrons. The molecule has 0 aliphatic carbocycles. The van der Waals surface area contributed by atoms with Crippen molar-refractivity contribution in [2.45, 2.75) is 19.8 Å². The first-order chi connectivity index (χ1) is 13.6. The number of thiazole rings is 1. The van der Waals surface area contributed by atoms with Crippen molar-refractivity contribution >= 4 is 39.9 Å². The van der Waals surface area contributed by atoms with E-state index in [-0.39, 0.29) is 17.6 Å². The Balaban J connectivity index is 1.62. The zero-order chi connectivity index (χ0) is 19.5. The summed E-state index contributed by atoms with van der Waals surface area (Å²) >= 11 is 3.06. The number of hydrogen-bond acceptors (Lipinski definition) is 8. The maximum absolute atomic E-state index is 13.1. The van der Waals surface area contributed by atoms with Crippen LogP contribution in [-0.2, 0) is 0 Å². The molecule has 0 saturated carbocycles. The van der Waals surface area contributed by atoms with E-state index in [1.807, 2.05) is 11.8 Å². The highest BCUT2D eigenvalue weighted by molar-refractivity contribution is 7.99. The highest BCUT2D eigenvalue weighted by Gasteiger charge is 2.29. The van der Waals surface area contributed by atoms with Gasteiger partial charge in [-0.05, 0) is 43.4 Å². The largest absolute Gasteiger partial charge is 0.463 e. The molecule has 0 aromatic carbocycles. The third kappa shape index (κ3) is 4.00. The Bertz CT molecular complexity index is 977. The molecule has 0 unspecified atom stereocenters. The zero-order valence-corrected chi connectivity index (χ0v) is 16.8. The van der Waals surface area contributed by atoms with Crippen LogP contribution in [0.2, 0.25) is 0 Å². The van der Waals surface area contributed by atoms with Crippen molar-refractivity contribution in [3.63, 3.8) is 0 Å². The van der Waals surface area contributed by atoms with Gasteiger partial charge in [0.25, 0.3) is 5.91 Å². The minimum atomic E-state index is -0.368. The van der Waals surface area contributed by atoms with Gasteiger partial charge < -0.3 is 4.42 Å². The molecular weight excluding hydrogens is 396 g/mol. The summed E-state index contributed by atoms with van der Waals surface area (Å²) in [5, 5.41) is 3.10. The number of hydrogen-bond donors (Lipinski definition) is 1. The van der Waals surface area contributed by atoms with Gasteiger partial charge in [-0.1, -0.05) is 11.3 Å². The van der Waals surface area contributed by atoms with Gasteiger partial charge in [-0.3, -0.25) is 14.9 Å². The van der Waals surface area contributed by atoms with Crippen LogP contribution in [0.4, 0.5) is 5.13 Å². The van der Waals surface area contributed by atoms with Crippen LogP contribution in [0.15, 0.2) is 35.2 Å². The third-order valence-corrected chi connectivity index (χ3v) is 6.50. The Labute approximate surface area is 170 Å². The van der Waals surface area contributed by atoms with E-state index in [9.17, 15) is 9.59 Å². The number of nitrogens with one attached hydrogen (secondary N) is 1. The molecule has 0 bridgehead atoms. The first-order valence-electron chi connectivity index (χ1n) is 8.88. The molecule has 1 amide bonds. The highest BCUT2D eigenvalue weighted by atomic mass is 32.2. The van der Waals surface area contributed by atoms with Gasteiger partial charge >= 0.3 is 0 Å². The molecule has 1 aliphatic rings. The quantitative estimate of drug-likeness (QED) is 0.628. The molecular formula is C19H18N4O3S2. The lowest BCUT2D eigenvalue weighted by Gasteiger charge is -2.19. The molecule has 28 heavy (non-hydrogen) atoms. The molecule has 4 rings (SSSR count). The van der Waals surface area contributed by atoms with Crippen LogP contribution in [0.3, 0.4) is 0 Å². The number of thioether (sulfide) groups is 1. The Morgan fingerprint density at radius 2 is 1.96 bits per heavy atom. The van der Waals surface area contributed by atoms with Crippen LogP contribution in [0.5, 0.6) is 0 Å². The van der Waals surface area contributed by atoms with Crippen molar-refractivity contribution in [3.8, 4) is 11.5 Å². The predicted molar refractivity (Wildman–Crippen MR) is 109 cm³/mol. The number of furan rings is 1. The fraction of sp³-hybridized carbons (Fsp3) is 0.316. The summed E-state index contributed by atoms with van der Waals surface area (Å²) in [6.45, 7) is 1.75. The first-order valence-corrected chi connectivity index (χ1v) is 10.9. The molecule has 4 heterocycles. The van der Waals surface area contributed by atoms with Crippen molar-refractivity contribution in [1.82, 2.24) is 15.0 Å². The van der Waals surface area contributed by atoms with Gasteiger partial charge in [0.2, 0.25) is 0 Å². The summed E-state index contributed by atoms with van der Waals surface area (Å²) in [4.78, 5) is 38.7. The van der Waals surface area contributed by atoms with Crippen LogP contribution in [-0.4, -0.2) is 38.1 Å². The molecule has 1 saturated heterocycles. The molecule has 3 aromatic rings. The van der Waals surface area contributed by atoms with Crippen molar-refractivity contribution in [2.24, 2.45) is 5.92 Å². The predicted octanol–water partition coefficient (Wildman–Crippen LogP) is 4.08. The monoisotopic (exact) mass is 414 g/mol. The van der Waals surface area contributed by atoms with Crippen molar-refractivity contribution < 1.29 is 14.0 Å². The number of ketones is 1. The molecule has 0 spiro atoms. The minimum Gasteiger partial charge on any atom is -0.463 e. The van der Waals surface area contributed by atoms with E-state index in [1.165, 1.54) is 23.7 Å². The number of nitrogens with zero attached hydrogens (tertiary/aromatic N) is 3. The highest BCUT2D eigenvalue weighted by Crippen LogP contribution is 2.36. The number of rotatable bonds is 5. The molecule has 9 heteroatoms. The first kappa shape index (κ1) is 18.8. The van der Waals surface area contributed by atoms with Crippen LogP contribution in [0.1, 0.15) is 38.7 Å². The van der Waals surface area contributed by atoms with Gasteiger partial charge in [0.1, 0.15) is 16.4 Å². The summed E-state index contributed by atoms with van der Waals surface area (Å²) in [5.41, 5.74) is 0.811. The van der Waals surface area contributed by atoms with Gasteiger partial charge in [0.15, 0.2) is 16.7 Å². The van der Waals surface area contributed by atoms with Crippen molar-refractivity contribution in [3.05, 3.63) is 47.1 Å². The zero-order valence-electron chi connectivity index (χ0n) is 15.2.